The highest BCUT2D eigenvalue weighted by atomic mass is 16.3. The van der Waals surface area contributed by atoms with Crippen molar-refractivity contribution >= 4 is 16.6 Å². The Labute approximate surface area is 102 Å². The molecule has 0 saturated heterocycles. The normalized spacial score (nSPS) is 12.8. The van der Waals surface area contributed by atoms with E-state index in [9.17, 15) is 5.11 Å². The Kier molecular flexibility index (Phi) is 3.03. The number of pyridine rings is 1. The van der Waals surface area contributed by atoms with E-state index in [0.717, 1.165) is 27.8 Å². The van der Waals surface area contributed by atoms with Crippen LogP contribution >= 0.6 is 0 Å². The summed E-state index contributed by atoms with van der Waals surface area (Å²) in [7, 11) is 4.05. The summed E-state index contributed by atoms with van der Waals surface area (Å²) in [5.74, 6) is 0. The first-order chi connectivity index (χ1) is 7.99. The van der Waals surface area contributed by atoms with Gasteiger partial charge in [0, 0.05) is 30.9 Å². The third-order valence-electron chi connectivity index (χ3n) is 2.90. The third-order valence-corrected chi connectivity index (χ3v) is 2.90. The zero-order valence-electron chi connectivity index (χ0n) is 10.7. The van der Waals surface area contributed by atoms with Crippen LogP contribution in [0.4, 0.5) is 5.69 Å². The minimum atomic E-state index is -0.454. The van der Waals surface area contributed by atoms with E-state index in [0.29, 0.717) is 0 Å². The van der Waals surface area contributed by atoms with Gasteiger partial charge in [0.25, 0.3) is 0 Å². The molecule has 17 heavy (non-hydrogen) atoms. The highest BCUT2D eigenvalue weighted by Crippen LogP contribution is 2.27. The molecule has 90 valence electrons. The Morgan fingerprint density at radius 3 is 2.53 bits per heavy atom. The number of benzene rings is 1. The molecule has 3 heteroatoms. The second-order valence-corrected chi connectivity index (χ2v) is 4.63. The molecule has 0 saturated carbocycles. The fourth-order valence-corrected chi connectivity index (χ4v) is 1.99. The van der Waals surface area contributed by atoms with E-state index >= 15 is 0 Å². The number of rotatable bonds is 2. The Morgan fingerprint density at radius 2 is 1.94 bits per heavy atom. The quantitative estimate of drug-likeness (QED) is 0.861. The molecule has 1 N–H and O–H groups in total. The molecule has 1 heterocycles. The number of aromatic nitrogens is 1. The summed E-state index contributed by atoms with van der Waals surface area (Å²) >= 11 is 0. The predicted octanol–water partition coefficient (Wildman–Crippen LogP) is 2.66. The predicted molar refractivity (Wildman–Crippen MR) is 71.4 cm³/mol. The van der Waals surface area contributed by atoms with Crippen LogP contribution in [0.1, 0.15) is 24.3 Å². The molecule has 3 nitrogen and oxygen atoms in total. The van der Waals surface area contributed by atoms with Gasteiger partial charge in [0.2, 0.25) is 0 Å². The number of aliphatic hydroxyl groups is 1. The molecular formula is C14H18N2O. The number of hydrogen-bond acceptors (Lipinski definition) is 3. The van der Waals surface area contributed by atoms with Gasteiger partial charge in [0.05, 0.1) is 11.6 Å². The first-order valence-electron chi connectivity index (χ1n) is 5.75. The monoisotopic (exact) mass is 230 g/mol. The summed E-state index contributed by atoms with van der Waals surface area (Å²) in [6, 6.07) is 8.01. The number of aryl methyl sites for hydroxylation is 1. The summed E-state index contributed by atoms with van der Waals surface area (Å²) in [5.41, 5.74) is 3.99. The van der Waals surface area contributed by atoms with Crippen molar-refractivity contribution in [3.63, 3.8) is 0 Å². The number of aliphatic hydroxyl groups excluding tert-OH is 1. The van der Waals surface area contributed by atoms with Crippen molar-refractivity contribution < 1.29 is 5.11 Å². The van der Waals surface area contributed by atoms with Gasteiger partial charge >= 0.3 is 0 Å². The minimum absolute atomic E-state index is 0.454. The molecule has 1 aromatic heterocycles. The smallest absolute Gasteiger partial charge is 0.0762 e. The lowest BCUT2D eigenvalue weighted by Crippen LogP contribution is -2.10. The lowest BCUT2D eigenvalue weighted by atomic mass is 10.1. The zero-order valence-corrected chi connectivity index (χ0v) is 10.7. The van der Waals surface area contributed by atoms with Crippen LogP contribution in [0.2, 0.25) is 0 Å². The van der Waals surface area contributed by atoms with Gasteiger partial charge in [-0.3, -0.25) is 4.98 Å². The van der Waals surface area contributed by atoms with Crippen LogP contribution in [0.25, 0.3) is 10.9 Å². The molecule has 0 aliphatic rings. The van der Waals surface area contributed by atoms with E-state index in [4.69, 9.17) is 0 Å². The fraction of sp³-hybridized carbons (Fsp3) is 0.357. The average molecular weight is 230 g/mol. The van der Waals surface area contributed by atoms with Gasteiger partial charge in [-0.05, 0) is 31.5 Å². The van der Waals surface area contributed by atoms with Gasteiger partial charge in [-0.1, -0.05) is 12.1 Å². The van der Waals surface area contributed by atoms with E-state index in [1.54, 1.807) is 6.92 Å². The lowest BCUT2D eigenvalue weighted by Gasteiger charge is -2.17. The molecule has 0 spiro atoms. The van der Waals surface area contributed by atoms with Crippen molar-refractivity contribution in [2.24, 2.45) is 0 Å². The van der Waals surface area contributed by atoms with Crippen molar-refractivity contribution in [2.75, 3.05) is 19.0 Å². The van der Waals surface area contributed by atoms with Crippen molar-refractivity contribution in [1.82, 2.24) is 4.98 Å². The molecule has 0 aliphatic heterocycles. The van der Waals surface area contributed by atoms with Gasteiger partial charge in [0.1, 0.15) is 0 Å². The molecule has 2 rings (SSSR count). The van der Waals surface area contributed by atoms with Crippen LogP contribution in [0.5, 0.6) is 0 Å². The van der Waals surface area contributed by atoms with Crippen molar-refractivity contribution in [3.05, 3.63) is 35.5 Å². The topological polar surface area (TPSA) is 36.4 Å². The molecular weight excluding hydrogens is 212 g/mol. The first kappa shape index (κ1) is 11.9. The second kappa shape index (κ2) is 4.34. The van der Waals surface area contributed by atoms with Crippen LogP contribution in [-0.2, 0) is 0 Å². The molecule has 1 unspecified atom stereocenters. The van der Waals surface area contributed by atoms with E-state index in [1.165, 1.54) is 0 Å². The summed E-state index contributed by atoms with van der Waals surface area (Å²) in [4.78, 5) is 6.61. The summed E-state index contributed by atoms with van der Waals surface area (Å²) in [6.07, 6.45) is -0.454. The first-order valence-corrected chi connectivity index (χ1v) is 5.75. The number of hydrogen-bond donors (Lipinski definition) is 1. The lowest BCUT2D eigenvalue weighted by molar-refractivity contribution is 0.199. The standard InChI is InChI=1S/C14H18N2O/c1-9-7-14(16(3)4)12-6-5-11(10(2)17)8-13(12)15-9/h5-8,10,17H,1-4H3. The summed E-state index contributed by atoms with van der Waals surface area (Å²) in [6.45, 7) is 3.76. The van der Waals surface area contributed by atoms with Gasteiger partial charge in [-0.15, -0.1) is 0 Å². The third kappa shape index (κ3) is 2.24. The maximum Gasteiger partial charge on any atom is 0.0762 e. The molecule has 1 aromatic carbocycles. The van der Waals surface area contributed by atoms with Crippen LogP contribution in [0, 0.1) is 6.92 Å². The molecule has 1 atom stereocenters. The van der Waals surface area contributed by atoms with Crippen molar-refractivity contribution in [2.45, 2.75) is 20.0 Å². The minimum Gasteiger partial charge on any atom is -0.389 e. The Balaban J connectivity index is 2.71. The molecule has 0 aliphatic carbocycles. The van der Waals surface area contributed by atoms with Crippen LogP contribution in [-0.4, -0.2) is 24.2 Å². The largest absolute Gasteiger partial charge is 0.389 e. The molecule has 0 radical (unpaired) electrons. The summed E-state index contributed by atoms with van der Waals surface area (Å²) < 4.78 is 0. The summed E-state index contributed by atoms with van der Waals surface area (Å²) in [5, 5.41) is 10.7. The zero-order chi connectivity index (χ0) is 12.6. The molecule has 0 fully saturated rings. The fourth-order valence-electron chi connectivity index (χ4n) is 1.99. The van der Waals surface area contributed by atoms with E-state index < -0.39 is 6.10 Å². The Hall–Kier alpha value is -1.61. The van der Waals surface area contributed by atoms with Gasteiger partial charge in [-0.2, -0.15) is 0 Å². The highest BCUT2D eigenvalue weighted by Gasteiger charge is 2.08. The Bertz CT molecular complexity index is 547. The maximum absolute atomic E-state index is 9.59. The van der Waals surface area contributed by atoms with Crippen molar-refractivity contribution in [3.8, 4) is 0 Å². The molecule has 0 bridgehead atoms. The average Bonchev–Trinajstić information content (AvgIpc) is 2.26. The van der Waals surface area contributed by atoms with E-state index in [2.05, 4.69) is 16.0 Å². The number of fused-ring (bicyclic) bond motifs is 1. The van der Waals surface area contributed by atoms with Gasteiger partial charge in [0.15, 0.2) is 0 Å². The SMILES string of the molecule is Cc1cc(N(C)C)c2ccc(C(C)O)cc2n1. The maximum atomic E-state index is 9.59. The van der Waals surface area contributed by atoms with Crippen LogP contribution < -0.4 is 4.90 Å². The van der Waals surface area contributed by atoms with Gasteiger partial charge in [-0.25, -0.2) is 0 Å². The van der Waals surface area contributed by atoms with Crippen LogP contribution in [0.15, 0.2) is 24.3 Å². The molecule has 0 amide bonds. The Morgan fingerprint density at radius 1 is 1.24 bits per heavy atom. The van der Waals surface area contributed by atoms with E-state index in [-0.39, 0.29) is 0 Å². The number of anilines is 1. The second-order valence-electron chi connectivity index (χ2n) is 4.63. The van der Waals surface area contributed by atoms with E-state index in [1.807, 2.05) is 39.2 Å². The van der Waals surface area contributed by atoms with Gasteiger partial charge < -0.3 is 10.0 Å². The molecule has 2 aromatic rings. The van der Waals surface area contributed by atoms with Crippen LogP contribution in [0.3, 0.4) is 0 Å². The number of nitrogens with zero attached hydrogens (tertiary/aromatic N) is 2. The van der Waals surface area contributed by atoms with Crippen molar-refractivity contribution in [1.29, 1.82) is 0 Å². The highest BCUT2D eigenvalue weighted by molar-refractivity contribution is 5.92.